The van der Waals surface area contributed by atoms with Crippen LogP contribution in [0.4, 0.5) is 0 Å². The number of carbonyl (C=O) groups is 1. The molecule has 0 bridgehead atoms. The first kappa shape index (κ1) is 19.5. The van der Waals surface area contributed by atoms with Crippen molar-refractivity contribution in [3.63, 3.8) is 0 Å². The third kappa shape index (κ3) is 4.04. The first-order valence-corrected chi connectivity index (χ1v) is 8.95. The average molecular weight is 395 g/mol. The molecule has 0 saturated carbocycles. The zero-order chi connectivity index (χ0) is 18.9. The van der Waals surface area contributed by atoms with E-state index in [1.165, 1.54) is 4.57 Å². The van der Waals surface area contributed by atoms with Crippen molar-refractivity contribution < 1.29 is 4.79 Å². The van der Waals surface area contributed by atoms with Gasteiger partial charge in [-0.1, -0.05) is 50.0 Å². The summed E-state index contributed by atoms with van der Waals surface area (Å²) >= 11 is 13.1. The Morgan fingerprint density at radius 1 is 1.32 bits per heavy atom. The van der Waals surface area contributed by atoms with Gasteiger partial charge in [-0.05, 0) is 23.8 Å². The molecule has 0 aliphatic heterocycles. The second-order valence-corrected chi connectivity index (χ2v) is 8.39. The molecular formula is C18H16Cl2N2O2S. The van der Waals surface area contributed by atoms with Gasteiger partial charge in [0.05, 0.1) is 4.53 Å². The van der Waals surface area contributed by atoms with E-state index in [-0.39, 0.29) is 16.9 Å². The van der Waals surface area contributed by atoms with Crippen molar-refractivity contribution in [3.05, 3.63) is 53.4 Å². The van der Waals surface area contributed by atoms with Crippen molar-refractivity contribution in [1.29, 1.82) is 5.26 Å². The number of hydrogen-bond donors (Lipinski definition) is 0. The molecule has 0 aliphatic carbocycles. The number of thiazole rings is 1. The maximum atomic E-state index is 12.5. The van der Waals surface area contributed by atoms with Crippen molar-refractivity contribution in [1.82, 2.24) is 4.57 Å². The first-order chi connectivity index (χ1) is 11.6. The van der Waals surface area contributed by atoms with Gasteiger partial charge in [0.1, 0.15) is 16.3 Å². The fourth-order valence-corrected chi connectivity index (χ4v) is 3.66. The Morgan fingerprint density at radius 3 is 2.48 bits per heavy atom. The molecule has 0 unspecified atom stereocenters. The predicted molar refractivity (Wildman–Crippen MR) is 102 cm³/mol. The quantitative estimate of drug-likeness (QED) is 0.786. The van der Waals surface area contributed by atoms with E-state index in [2.05, 4.69) is 0 Å². The monoisotopic (exact) mass is 394 g/mol. The second-order valence-electron chi connectivity index (χ2n) is 6.51. The summed E-state index contributed by atoms with van der Waals surface area (Å²) in [6, 6.07) is 6.92. The third-order valence-corrected chi connectivity index (χ3v) is 5.26. The predicted octanol–water partition coefficient (Wildman–Crippen LogP) is 2.87. The minimum atomic E-state index is -0.714. The number of ketones is 1. The van der Waals surface area contributed by atoms with Crippen molar-refractivity contribution >= 4 is 52.0 Å². The Labute approximate surface area is 159 Å². The lowest BCUT2D eigenvalue weighted by molar-refractivity contribution is -0.120. The standard InChI is InChI=1S/C18H16Cl2N2O2S/c1-18(2,3)15(23)12(9-21)17-22(4)16(24)14(25-17)7-10-5-6-11(19)8-13(10)20/h5-8H,1-4H3/b14-7+,17-12-. The highest BCUT2D eigenvalue weighted by Gasteiger charge is 2.26. The Hall–Kier alpha value is -1.87. The van der Waals surface area contributed by atoms with Gasteiger partial charge < -0.3 is 4.57 Å². The molecule has 2 aromatic rings. The van der Waals surface area contributed by atoms with E-state index in [4.69, 9.17) is 23.2 Å². The van der Waals surface area contributed by atoms with Gasteiger partial charge in [-0.2, -0.15) is 5.26 Å². The lowest BCUT2D eigenvalue weighted by Crippen LogP contribution is -2.32. The van der Waals surface area contributed by atoms with E-state index in [0.29, 0.717) is 24.8 Å². The lowest BCUT2D eigenvalue weighted by atomic mass is 9.87. The van der Waals surface area contributed by atoms with Gasteiger partial charge >= 0.3 is 0 Å². The van der Waals surface area contributed by atoms with Crippen LogP contribution in [-0.2, 0) is 11.8 Å². The second kappa shape index (κ2) is 7.17. The van der Waals surface area contributed by atoms with Crippen LogP contribution in [-0.4, -0.2) is 10.4 Å². The fraction of sp³-hybridized carbons (Fsp3) is 0.278. The highest BCUT2D eigenvalue weighted by atomic mass is 35.5. The van der Waals surface area contributed by atoms with E-state index in [9.17, 15) is 14.9 Å². The van der Waals surface area contributed by atoms with E-state index < -0.39 is 5.41 Å². The third-order valence-electron chi connectivity index (χ3n) is 3.51. The maximum Gasteiger partial charge on any atom is 0.268 e. The molecule has 0 spiro atoms. The zero-order valence-corrected chi connectivity index (χ0v) is 16.5. The molecule has 0 saturated heterocycles. The zero-order valence-electron chi connectivity index (χ0n) is 14.2. The molecule has 0 amide bonds. The SMILES string of the molecule is Cn1c(=O)/c(=C\c2ccc(Cl)cc2Cl)s/c1=C(/C#N)C(=O)C(C)(C)C. The molecule has 1 aromatic carbocycles. The molecule has 1 aromatic heterocycles. The minimum absolute atomic E-state index is 0.0149. The maximum absolute atomic E-state index is 12.5. The van der Waals surface area contributed by atoms with Crippen molar-refractivity contribution in [3.8, 4) is 6.07 Å². The number of hydrogen-bond acceptors (Lipinski definition) is 4. The summed E-state index contributed by atoms with van der Waals surface area (Å²) in [5.74, 6) is -0.303. The van der Waals surface area contributed by atoms with Gasteiger partial charge in [0.2, 0.25) is 0 Å². The van der Waals surface area contributed by atoms with Crippen molar-refractivity contribution in [2.45, 2.75) is 20.8 Å². The summed E-state index contributed by atoms with van der Waals surface area (Å²) in [5, 5.41) is 10.4. The highest BCUT2D eigenvalue weighted by molar-refractivity contribution is 7.07. The molecule has 25 heavy (non-hydrogen) atoms. The fourth-order valence-electron chi connectivity index (χ4n) is 2.11. The summed E-state index contributed by atoms with van der Waals surface area (Å²) in [7, 11) is 1.54. The van der Waals surface area contributed by atoms with E-state index in [1.807, 2.05) is 6.07 Å². The summed E-state index contributed by atoms with van der Waals surface area (Å²) in [5.41, 5.74) is -0.384. The summed E-state index contributed by atoms with van der Waals surface area (Å²) in [6.07, 6.45) is 1.63. The molecule has 0 fully saturated rings. The van der Waals surface area contributed by atoms with Crippen LogP contribution in [0.1, 0.15) is 26.3 Å². The molecule has 2 rings (SSSR count). The topological polar surface area (TPSA) is 62.9 Å². The number of nitrogens with zero attached hydrogens (tertiary/aromatic N) is 2. The molecule has 0 radical (unpaired) electrons. The van der Waals surface area contributed by atoms with Gasteiger partial charge in [0, 0.05) is 22.5 Å². The Bertz CT molecular complexity index is 1070. The highest BCUT2D eigenvalue weighted by Crippen LogP contribution is 2.21. The molecule has 130 valence electrons. The summed E-state index contributed by atoms with van der Waals surface area (Å²) in [4.78, 5) is 25.0. The normalized spacial score (nSPS) is 13.6. The van der Waals surface area contributed by atoms with Crippen molar-refractivity contribution in [2.24, 2.45) is 12.5 Å². The molecule has 0 N–H and O–H groups in total. The van der Waals surface area contributed by atoms with Crippen LogP contribution in [0.5, 0.6) is 0 Å². The summed E-state index contributed by atoms with van der Waals surface area (Å²) < 4.78 is 2.04. The van der Waals surface area contributed by atoms with Gasteiger partial charge in [-0.25, -0.2) is 0 Å². The molecule has 0 atom stereocenters. The molecule has 0 aliphatic rings. The van der Waals surface area contributed by atoms with Gasteiger partial charge in [0.15, 0.2) is 5.78 Å². The van der Waals surface area contributed by atoms with Crippen LogP contribution < -0.4 is 14.8 Å². The van der Waals surface area contributed by atoms with Crippen LogP contribution in [0.15, 0.2) is 23.0 Å². The van der Waals surface area contributed by atoms with E-state index in [1.54, 1.807) is 52.1 Å². The number of Topliss-reactive ketones (excluding diaryl/α,β-unsaturated/α-hetero) is 1. The van der Waals surface area contributed by atoms with Crippen molar-refractivity contribution in [2.75, 3.05) is 0 Å². The minimum Gasteiger partial charge on any atom is -0.301 e. The number of benzene rings is 1. The van der Waals surface area contributed by atoms with Crippen LogP contribution in [0.25, 0.3) is 11.6 Å². The lowest BCUT2D eigenvalue weighted by Gasteiger charge is -2.15. The van der Waals surface area contributed by atoms with Crippen LogP contribution in [0.2, 0.25) is 10.0 Å². The number of halogens is 2. The Kier molecular flexibility index (Phi) is 5.58. The molecule has 7 heteroatoms. The largest absolute Gasteiger partial charge is 0.301 e. The number of carbonyl (C=O) groups excluding carboxylic acids is 1. The molecule has 4 nitrogen and oxygen atoms in total. The van der Waals surface area contributed by atoms with Crippen LogP contribution in [0, 0.1) is 16.7 Å². The summed E-state index contributed by atoms with van der Waals surface area (Å²) in [6.45, 7) is 5.21. The Morgan fingerprint density at radius 2 is 1.96 bits per heavy atom. The number of nitriles is 1. The number of rotatable bonds is 2. The smallest absolute Gasteiger partial charge is 0.268 e. The van der Waals surface area contributed by atoms with E-state index in [0.717, 1.165) is 11.3 Å². The van der Waals surface area contributed by atoms with Gasteiger partial charge in [-0.3, -0.25) is 9.59 Å². The van der Waals surface area contributed by atoms with Gasteiger partial charge in [0.25, 0.3) is 5.56 Å². The van der Waals surface area contributed by atoms with Crippen LogP contribution >= 0.6 is 34.5 Å². The van der Waals surface area contributed by atoms with Gasteiger partial charge in [-0.15, -0.1) is 11.3 Å². The first-order valence-electron chi connectivity index (χ1n) is 7.38. The van der Waals surface area contributed by atoms with E-state index >= 15 is 0 Å². The average Bonchev–Trinajstić information content (AvgIpc) is 2.78. The molecular weight excluding hydrogens is 379 g/mol. The number of aromatic nitrogens is 1. The van der Waals surface area contributed by atoms with Crippen LogP contribution in [0.3, 0.4) is 0 Å². The Balaban J connectivity index is 2.79. The molecule has 1 heterocycles.